The Morgan fingerprint density at radius 1 is 1.27 bits per heavy atom. The molecule has 1 aliphatic rings. The quantitative estimate of drug-likeness (QED) is 0.453. The fourth-order valence-electron chi connectivity index (χ4n) is 4.33. The summed E-state index contributed by atoms with van der Waals surface area (Å²) in [5.74, 6) is -2.12. The molecule has 0 bridgehead atoms. The first-order valence-corrected chi connectivity index (χ1v) is 11.6. The Balaban J connectivity index is 2.15. The molecule has 8 heteroatoms. The van der Waals surface area contributed by atoms with Gasteiger partial charge in [-0.1, -0.05) is 25.8 Å². The monoisotopic (exact) mass is 461 g/mol. The van der Waals surface area contributed by atoms with Crippen molar-refractivity contribution in [3.8, 4) is 0 Å². The molecule has 0 spiro atoms. The summed E-state index contributed by atoms with van der Waals surface area (Å²) in [6.45, 7) is 8.17. The molecule has 2 amide bonds. The van der Waals surface area contributed by atoms with Crippen molar-refractivity contribution in [2.75, 3.05) is 13.1 Å². The van der Waals surface area contributed by atoms with E-state index in [1.165, 1.54) is 12.1 Å². The van der Waals surface area contributed by atoms with Gasteiger partial charge in [-0.2, -0.15) is 0 Å². The van der Waals surface area contributed by atoms with Gasteiger partial charge in [0.2, 0.25) is 5.91 Å². The van der Waals surface area contributed by atoms with Crippen molar-refractivity contribution in [3.05, 3.63) is 35.1 Å². The summed E-state index contributed by atoms with van der Waals surface area (Å²) in [5, 5.41) is 19.5. The Hall–Kier alpha value is -2.77. The van der Waals surface area contributed by atoms with Gasteiger partial charge < -0.3 is 20.7 Å². The minimum atomic E-state index is -0.910. The van der Waals surface area contributed by atoms with Gasteiger partial charge in [0.05, 0.1) is 11.0 Å². The Bertz CT molecular complexity index is 892. The third-order valence-corrected chi connectivity index (χ3v) is 6.59. The number of amides is 2. The second kappa shape index (κ2) is 11.4. The van der Waals surface area contributed by atoms with Gasteiger partial charge in [-0.05, 0) is 63.6 Å². The lowest BCUT2D eigenvalue weighted by Gasteiger charge is -2.40. The molecule has 1 atom stereocenters. The molecule has 0 aliphatic carbocycles. The highest BCUT2D eigenvalue weighted by Crippen LogP contribution is 2.31. The summed E-state index contributed by atoms with van der Waals surface area (Å²) in [5.41, 5.74) is -0.403. The Kier molecular flexibility index (Phi) is 9.14. The lowest BCUT2D eigenvalue weighted by Crippen LogP contribution is -2.55. The number of halogens is 1. The van der Waals surface area contributed by atoms with Crippen molar-refractivity contribution in [2.45, 2.75) is 72.3 Å². The number of nitrogens with zero attached hydrogens (tertiary/aromatic N) is 1. The van der Waals surface area contributed by atoms with E-state index in [-0.39, 0.29) is 29.5 Å². The Morgan fingerprint density at radius 3 is 2.42 bits per heavy atom. The Labute approximate surface area is 195 Å². The lowest BCUT2D eigenvalue weighted by atomic mass is 9.79. The summed E-state index contributed by atoms with van der Waals surface area (Å²) >= 11 is 0. The van der Waals surface area contributed by atoms with Crippen molar-refractivity contribution in [1.29, 1.82) is 5.41 Å². The van der Waals surface area contributed by atoms with Crippen LogP contribution in [-0.4, -0.2) is 52.6 Å². The largest absolute Gasteiger partial charge is 0.481 e. The maximum atomic E-state index is 14.6. The van der Waals surface area contributed by atoms with E-state index in [4.69, 9.17) is 10.5 Å². The molecule has 1 saturated heterocycles. The van der Waals surface area contributed by atoms with E-state index in [0.29, 0.717) is 37.9 Å². The van der Waals surface area contributed by atoms with Crippen molar-refractivity contribution < 1.29 is 23.9 Å². The van der Waals surface area contributed by atoms with Crippen LogP contribution in [0, 0.1) is 22.6 Å². The highest BCUT2D eigenvalue weighted by atomic mass is 19.1. The normalized spacial score (nSPS) is 15.7. The zero-order chi connectivity index (χ0) is 24.8. The number of aliphatic carboxylic acids is 1. The van der Waals surface area contributed by atoms with Crippen LogP contribution in [0.15, 0.2) is 18.2 Å². The third kappa shape index (κ3) is 6.85. The fourth-order valence-corrected chi connectivity index (χ4v) is 4.33. The first kappa shape index (κ1) is 26.5. The van der Waals surface area contributed by atoms with Gasteiger partial charge >= 0.3 is 5.97 Å². The smallest absolute Gasteiger partial charge is 0.303 e. The number of rotatable bonds is 10. The second-order valence-electron chi connectivity index (χ2n) is 9.54. The maximum absolute atomic E-state index is 14.6. The van der Waals surface area contributed by atoms with Gasteiger partial charge in [-0.25, -0.2) is 4.39 Å². The minimum Gasteiger partial charge on any atom is -0.481 e. The minimum absolute atomic E-state index is 0.0702. The van der Waals surface area contributed by atoms with Crippen molar-refractivity contribution >= 4 is 23.5 Å². The molecule has 1 heterocycles. The van der Waals surface area contributed by atoms with E-state index in [9.17, 15) is 18.8 Å². The molecule has 0 radical (unpaired) electrons. The molecule has 1 aromatic rings. The number of likely N-dealkylation sites (tertiary alicyclic amines) is 1. The Morgan fingerprint density at radius 2 is 1.91 bits per heavy atom. The number of carbonyl (C=O) groups excluding carboxylic acids is 2. The predicted molar refractivity (Wildman–Crippen MR) is 125 cm³/mol. The summed E-state index contributed by atoms with van der Waals surface area (Å²) in [6, 6.07) is 3.60. The van der Waals surface area contributed by atoms with Gasteiger partial charge in [-0.3, -0.25) is 14.4 Å². The van der Waals surface area contributed by atoms with E-state index < -0.39 is 29.2 Å². The van der Waals surface area contributed by atoms with Crippen molar-refractivity contribution in [2.24, 2.45) is 11.3 Å². The number of hydrogen-bond donors (Lipinski definition) is 3. The molecule has 3 N–H and O–H groups in total. The number of piperidine rings is 1. The van der Waals surface area contributed by atoms with Gasteiger partial charge in [-0.15, -0.1) is 0 Å². The lowest BCUT2D eigenvalue weighted by molar-refractivity contribution is -0.144. The van der Waals surface area contributed by atoms with Crippen LogP contribution in [0.25, 0.3) is 0 Å². The molecule has 7 nitrogen and oxygen atoms in total. The molecule has 33 heavy (non-hydrogen) atoms. The van der Waals surface area contributed by atoms with Gasteiger partial charge in [0, 0.05) is 31.3 Å². The van der Waals surface area contributed by atoms with Crippen LogP contribution in [0.5, 0.6) is 0 Å². The van der Waals surface area contributed by atoms with Crippen LogP contribution in [0.2, 0.25) is 0 Å². The summed E-state index contributed by atoms with van der Waals surface area (Å²) < 4.78 is 14.6. The molecule has 1 unspecified atom stereocenters. The summed E-state index contributed by atoms with van der Waals surface area (Å²) in [6.07, 6.45) is 3.67. The van der Waals surface area contributed by atoms with E-state index >= 15 is 0 Å². The van der Waals surface area contributed by atoms with Gasteiger partial charge in [0.25, 0.3) is 5.91 Å². The third-order valence-electron chi connectivity index (χ3n) is 6.59. The van der Waals surface area contributed by atoms with Gasteiger partial charge in [0.1, 0.15) is 5.82 Å². The molecular formula is C25H36FN3O4. The second-order valence-corrected chi connectivity index (χ2v) is 9.54. The molecule has 182 valence electrons. The highest BCUT2D eigenvalue weighted by molar-refractivity contribution is 5.99. The van der Waals surface area contributed by atoms with Crippen molar-refractivity contribution in [3.63, 3.8) is 0 Å². The summed E-state index contributed by atoms with van der Waals surface area (Å²) in [4.78, 5) is 39.1. The molecule has 0 saturated carbocycles. The van der Waals surface area contributed by atoms with E-state index in [1.807, 2.05) is 6.92 Å². The van der Waals surface area contributed by atoms with Crippen LogP contribution in [0.1, 0.15) is 82.1 Å². The van der Waals surface area contributed by atoms with E-state index in [0.717, 1.165) is 12.8 Å². The number of hydrogen-bond acceptors (Lipinski definition) is 4. The standard InChI is InChI=1S/C25H36FN3O4/c1-5-6-7-21(28-23(32)19-9-8-18(16(2)27)15-20(19)26)25(3,4)24(33)29-12-10-17(11-13-29)14-22(30)31/h8-9,15,17,21,27H,5-7,10-14H2,1-4H3,(H,28,32)(H,30,31). The topological polar surface area (TPSA) is 111 Å². The van der Waals surface area contributed by atoms with Gasteiger partial charge in [0.15, 0.2) is 0 Å². The fraction of sp³-hybridized carbons (Fsp3) is 0.600. The predicted octanol–water partition coefficient (Wildman–Crippen LogP) is 4.24. The molecule has 0 aromatic heterocycles. The SMILES string of the molecule is CCCCC(NC(=O)c1ccc(C(C)=N)cc1F)C(C)(C)C(=O)N1CCC(CC(=O)O)CC1. The molecule has 1 aliphatic heterocycles. The van der Waals surface area contributed by atoms with Crippen molar-refractivity contribution in [1.82, 2.24) is 10.2 Å². The molecule has 1 fully saturated rings. The molecule has 1 aromatic carbocycles. The number of benzene rings is 1. The average Bonchev–Trinajstić information content (AvgIpc) is 2.75. The highest BCUT2D eigenvalue weighted by Gasteiger charge is 2.41. The summed E-state index contributed by atoms with van der Waals surface area (Å²) in [7, 11) is 0. The maximum Gasteiger partial charge on any atom is 0.303 e. The van der Waals surface area contributed by atoms with Crippen LogP contribution in [0.3, 0.4) is 0 Å². The zero-order valence-corrected chi connectivity index (χ0v) is 20.0. The first-order chi connectivity index (χ1) is 15.5. The number of carboxylic acid groups (broad SMARTS) is 1. The average molecular weight is 462 g/mol. The molecular weight excluding hydrogens is 425 g/mol. The number of nitrogens with one attached hydrogen (secondary N) is 2. The van der Waals surface area contributed by atoms with Crippen LogP contribution in [-0.2, 0) is 9.59 Å². The van der Waals surface area contributed by atoms with Crippen LogP contribution < -0.4 is 5.32 Å². The van der Waals surface area contributed by atoms with Crippen LogP contribution >= 0.6 is 0 Å². The number of carbonyl (C=O) groups is 3. The first-order valence-electron chi connectivity index (χ1n) is 11.6. The number of unbranched alkanes of at least 4 members (excludes halogenated alkanes) is 1. The zero-order valence-electron chi connectivity index (χ0n) is 20.0. The number of carboxylic acids is 1. The van der Waals surface area contributed by atoms with Crippen LogP contribution in [0.4, 0.5) is 4.39 Å². The molecule has 2 rings (SSSR count). The van der Waals surface area contributed by atoms with E-state index in [1.54, 1.807) is 31.7 Å². The van der Waals surface area contributed by atoms with E-state index in [2.05, 4.69) is 5.32 Å².